The summed E-state index contributed by atoms with van der Waals surface area (Å²) in [6.07, 6.45) is 4.07. The van der Waals surface area contributed by atoms with Crippen molar-refractivity contribution in [2.24, 2.45) is 0 Å². The molecule has 0 N–H and O–H groups in total. The van der Waals surface area contributed by atoms with E-state index in [0.29, 0.717) is 6.04 Å². The largest absolute Gasteiger partial charge is 0.516 e. The molecule has 2 aliphatic rings. The molecule has 2 fully saturated rings. The first-order valence-corrected chi connectivity index (χ1v) is 8.27. The molecule has 0 aromatic carbocycles. The fourth-order valence-electron chi connectivity index (χ4n) is 2.69. The van der Waals surface area contributed by atoms with Gasteiger partial charge in [-0.05, 0) is 56.5 Å². The summed E-state index contributed by atoms with van der Waals surface area (Å²) in [5, 5.41) is 0. The highest BCUT2D eigenvalue weighted by atomic mass is 79.9. The molecular formula is C14H22BBrN2O3. The first kappa shape index (κ1) is 15.5. The molecule has 0 amide bonds. The van der Waals surface area contributed by atoms with Crippen LogP contribution in [0.3, 0.4) is 0 Å². The van der Waals surface area contributed by atoms with E-state index in [-0.39, 0.29) is 11.2 Å². The zero-order valence-electron chi connectivity index (χ0n) is 13.1. The van der Waals surface area contributed by atoms with Gasteiger partial charge in [-0.15, -0.1) is 0 Å². The molecule has 2 aliphatic heterocycles. The first-order chi connectivity index (χ1) is 9.80. The normalized spacial score (nSPS) is 25.5. The highest BCUT2D eigenvalue weighted by molar-refractivity contribution is 9.10. The van der Waals surface area contributed by atoms with Crippen LogP contribution in [0.25, 0.3) is 0 Å². The quantitative estimate of drug-likeness (QED) is 0.763. The van der Waals surface area contributed by atoms with Crippen molar-refractivity contribution < 1.29 is 14.0 Å². The minimum atomic E-state index is -0.410. The topological polar surface area (TPSA) is 45.5 Å². The Morgan fingerprint density at radius 2 is 1.76 bits per heavy atom. The van der Waals surface area contributed by atoms with Crippen LogP contribution in [0.1, 0.15) is 46.6 Å². The molecule has 0 saturated carbocycles. The Balaban J connectivity index is 1.81. The molecule has 2 saturated heterocycles. The SMILES string of the molecule is CC1(C)OB(c2cn(C3CCOCC3)c(Br)n2)OC1(C)C. The summed E-state index contributed by atoms with van der Waals surface area (Å²) < 4.78 is 20.6. The van der Waals surface area contributed by atoms with Crippen LogP contribution in [-0.2, 0) is 14.0 Å². The Bertz CT molecular complexity index is 510. The van der Waals surface area contributed by atoms with Gasteiger partial charge in [0.1, 0.15) is 0 Å². The van der Waals surface area contributed by atoms with Gasteiger partial charge in [0.05, 0.1) is 16.8 Å². The summed E-state index contributed by atoms with van der Waals surface area (Å²) in [5.41, 5.74) is 0.145. The molecule has 21 heavy (non-hydrogen) atoms. The average Bonchev–Trinajstić information content (AvgIpc) is 2.89. The minimum absolute atomic E-state index is 0.341. The van der Waals surface area contributed by atoms with Crippen LogP contribution in [-0.4, -0.2) is 41.1 Å². The summed E-state index contributed by atoms with van der Waals surface area (Å²) in [5.74, 6) is 0. The monoisotopic (exact) mass is 356 g/mol. The molecule has 1 aromatic rings. The lowest BCUT2D eigenvalue weighted by Gasteiger charge is -2.32. The Kier molecular flexibility index (Phi) is 3.97. The van der Waals surface area contributed by atoms with Crippen molar-refractivity contribution in [1.29, 1.82) is 0 Å². The van der Waals surface area contributed by atoms with Crippen molar-refractivity contribution in [1.82, 2.24) is 9.55 Å². The predicted octanol–water partition coefficient (Wildman–Crippen LogP) is 2.30. The summed E-state index contributed by atoms with van der Waals surface area (Å²) in [6, 6.07) is 0.428. The number of halogens is 1. The molecule has 3 heterocycles. The number of nitrogens with zero attached hydrogens (tertiary/aromatic N) is 2. The summed E-state index contributed by atoms with van der Waals surface area (Å²) in [7, 11) is -0.410. The van der Waals surface area contributed by atoms with E-state index in [1.807, 2.05) is 6.20 Å². The second-order valence-corrected chi connectivity index (χ2v) is 7.48. The van der Waals surface area contributed by atoms with Gasteiger partial charge in [0.15, 0.2) is 4.73 Å². The van der Waals surface area contributed by atoms with Crippen LogP contribution < -0.4 is 5.59 Å². The summed E-state index contributed by atoms with van der Waals surface area (Å²) >= 11 is 3.56. The number of hydrogen-bond acceptors (Lipinski definition) is 4. The maximum Gasteiger partial charge on any atom is 0.516 e. The van der Waals surface area contributed by atoms with Crippen molar-refractivity contribution >= 4 is 28.6 Å². The molecule has 0 atom stereocenters. The van der Waals surface area contributed by atoms with Crippen molar-refractivity contribution in [3.8, 4) is 0 Å². The van der Waals surface area contributed by atoms with Crippen molar-refractivity contribution in [3.05, 3.63) is 10.9 Å². The zero-order chi connectivity index (χ0) is 15.3. The lowest BCUT2D eigenvalue weighted by atomic mass is 9.86. The van der Waals surface area contributed by atoms with E-state index in [0.717, 1.165) is 36.4 Å². The van der Waals surface area contributed by atoms with Crippen molar-refractivity contribution in [2.45, 2.75) is 57.8 Å². The maximum atomic E-state index is 6.06. The third kappa shape index (κ3) is 2.81. The average molecular weight is 357 g/mol. The van der Waals surface area contributed by atoms with Crippen molar-refractivity contribution in [2.75, 3.05) is 13.2 Å². The van der Waals surface area contributed by atoms with E-state index in [2.05, 4.69) is 53.2 Å². The molecule has 0 spiro atoms. The van der Waals surface area contributed by atoms with Gasteiger partial charge in [-0.2, -0.15) is 0 Å². The number of aromatic nitrogens is 2. The molecule has 0 aliphatic carbocycles. The summed E-state index contributed by atoms with van der Waals surface area (Å²) in [6.45, 7) is 9.83. The van der Waals surface area contributed by atoms with Crippen LogP contribution in [0.2, 0.25) is 0 Å². The Hall–Kier alpha value is -0.365. The fraction of sp³-hybridized carbons (Fsp3) is 0.786. The third-order valence-corrected chi connectivity index (χ3v) is 5.37. The van der Waals surface area contributed by atoms with E-state index >= 15 is 0 Å². The van der Waals surface area contributed by atoms with Crippen LogP contribution in [0.15, 0.2) is 10.9 Å². The molecule has 1 aromatic heterocycles. The number of rotatable bonds is 2. The summed E-state index contributed by atoms with van der Waals surface area (Å²) in [4.78, 5) is 4.59. The van der Waals surface area contributed by atoms with Crippen LogP contribution in [0.4, 0.5) is 0 Å². The molecule has 5 nitrogen and oxygen atoms in total. The first-order valence-electron chi connectivity index (χ1n) is 7.48. The van der Waals surface area contributed by atoms with Crippen molar-refractivity contribution in [3.63, 3.8) is 0 Å². The van der Waals surface area contributed by atoms with Gasteiger partial charge in [0, 0.05) is 25.5 Å². The highest BCUT2D eigenvalue weighted by Gasteiger charge is 2.52. The highest BCUT2D eigenvalue weighted by Crippen LogP contribution is 2.36. The van der Waals surface area contributed by atoms with E-state index in [1.54, 1.807) is 0 Å². The number of hydrogen-bond donors (Lipinski definition) is 0. The molecule has 7 heteroatoms. The van der Waals surface area contributed by atoms with Gasteiger partial charge in [-0.3, -0.25) is 0 Å². The Labute approximate surface area is 134 Å². The lowest BCUT2D eigenvalue weighted by molar-refractivity contribution is 0.00578. The van der Waals surface area contributed by atoms with Gasteiger partial charge in [0.25, 0.3) is 0 Å². The molecule has 3 rings (SSSR count). The molecule has 0 bridgehead atoms. The van der Waals surface area contributed by atoms with Gasteiger partial charge < -0.3 is 18.6 Å². The molecule has 116 valence electrons. The number of ether oxygens (including phenoxy) is 1. The third-order valence-electron chi connectivity index (χ3n) is 4.78. The van der Waals surface area contributed by atoms with Gasteiger partial charge in [-0.1, -0.05) is 0 Å². The minimum Gasteiger partial charge on any atom is -0.398 e. The van der Waals surface area contributed by atoms with Gasteiger partial charge >= 0.3 is 7.12 Å². The predicted molar refractivity (Wildman–Crippen MR) is 84.7 cm³/mol. The zero-order valence-corrected chi connectivity index (χ0v) is 14.6. The molecule has 0 radical (unpaired) electrons. The molecular weight excluding hydrogens is 335 g/mol. The Morgan fingerprint density at radius 3 is 2.33 bits per heavy atom. The second-order valence-electron chi connectivity index (χ2n) is 6.77. The smallest absolute Gasteiger partial charge is 0.398 e. The Morgan fingerprint density at radius 1 is 1.19 bits per heavy atom. The standard InChI is InChI=1S/C14H22BBrN2O3/c1-13(2)14(3,4)21-15(20-13)11-9-18(12(16)17-11)10-5-7-19-8-6-10/h9-10H,5-8H2,1-4H3. The number of imidazole rings is 1. The van der Waals surface area contributed by atoms with E-state index in [9.17, 15) is 0 Å². The van der Waals surface area contributed by atoms with E-state index in [1.165, 1.54) is 0 Å². The van der Waals surface area contributed by atoms with Gasteiger partial charge in [-0.25, -0.2) is 4.98 Å². The maximum absolute atomic E-state index is 6.06. The van der Waals surface area contributed by atoms with Gasteiger partial charge in [0.2, 0.25) is 0 Å². The van der Waals surface area contributed by atoms with Crippen LogP contribution >= 0.6 is 15.9 Å². The van der Waals surface area contributed by atoms with E-state index in [4.69, 9.17) is 14.0 Å². The fourth-order valence-corrected chi connectivity index (χ4v) is 3.28. The van der Waals surface area contributed by atoms with Crippen LogP contribution in [0, 0.1) is 0 Å². The second kappa shape index (κ2) is 5.37. The van der Waals surface area contributed by atoms with Crippen LogP contribution in [0.5, 0.6) is 0 Å². The lowest BCUT2D eigenvalue weighted by Crippen LogP contribution is -2.41. The van der Waals surface area contributed by atoms with E-state index < -0.39 is 7.12 Å². The molecule has 0 unspecified atom stereocenters.